The molecule has 0 bridgehead atoms. The smallest absolute Gasteiger partial charge is 0.251 e. The fraction of sp³-hybridized carbons (Fsp3) is 0.500. The van der Waals surface area contributed by atoms with Crippen LogP contribution < -0.4 is 5.32 Å². The van der Waals surface area contributed by atoms with Crippen LogP contribution in [0.15, 0.2) is 24.3 Å². The molecule has 1 fully saturated rings. The molecule has 0 aromatic heterocycles. The molecule has 1 N–H and O–H groups in total. The highest BCUT2D eigenvalue weighted by Gasteiger charge is 2.22. The molecule has 0 heterocycles. The predicted molar refractivity (Wildman–Crippen MR) is 83.4 cm³/mol. The van der Waals surface area contributed by atoms with E-state index in [-0.39, 0.29) is 18.4 Å². The number of hydrogen-bond donors (Lipinski definition) is 1. The van der Waals surface area contributed by atoms with E-state index in [0.717, 1.165) is 12.8 Å². The minimum Gasteiger partial charge on any atom is -0.343 e. The Bertz CT molecular complexity index is 496. The van der Waals surface area contributed by atoms with Gasteiger partial charge in [0.05, 0.1) is 6.54 Å². The van der Waals surface area contributed by atoms with Crippen molar-refractivity contribution >= 4 is 23.4 Å². The molecule has 0 unspecified atom stereocenters. The third kappa shape index (κ3) is 4.46. The lowest BCUT2D eigenvalue weighted by molar-refractivity contribution is -0.131. The van der Waals surface area contributed by atoms with Crippen molar-refractivity contribution in [3.05, 3.63) is 34.9 Å². The molecular weight excluding hydrogens is 288 g/mol. The van der Waals surface area contributed by atoms with E-state index >= 15 is 0 Å². The summed E-state index contributed by atoms with van der Waals surface area (Å²) < 4.78 is 0. The van der Waals surface area contributed by atoms with E-state index in [4.69, 9.17) is 11.6 Å². The van der Waals surface area contributed by atoms with Gasteiger partial charge < -0.3 is 10.2 Å². The molecule has 0 radical (unpaired) electrons. The zero-order chi connectivity index (χ0) is 15.2. The average molecular weight is 309 g/mol. The number of halogens is 1. The summed E-state index contributed by atoms with van der Waals surface area (Å²) >= 11 is 5.78. The molecule has 0 spiro atoms. The molecular formula is C16H21ClN2O2. The van der Waals surface area contributed by atoms with Crippen LogP contribution in [0, 0.1) is 0 Å². The first kappa shape index (κ1) is 15.8. The van der Waals surface area contributed by atoms with Gasteiger partial charge in [0.2, 0.25) is 5.91 Å². The number of carbonyl (C=O) groups excluding carboxylic acids is 2. The van der Waals surface area contributed by atoms with E-state index in [9.17, 15) is 9.59 Å². The zero-order valence-electron chi connectivity index (χ0n) is 12.3. The van der Waals surface area contributed by atoms with Crippen molar-refractivity contribution in [3.8, 4) is 0 Å². The van der Waals surface area contributed by atoms with E-state index in [1.54, 1.807) is 29.2 Å². The van der Waals surface area contributed by atoms with E-state index < -0.39 is 0 Å². The number of hydrogen-bond acceptors (Lipinski definition) is 2. The molecule has 5 heteroatoms. The van der Waals surface area contributed by atoms with E-state index in [2.05, 4.69) is 5.32 Å². The number of nitrogens with one attached hydrogen (secondary N) is 1. The van der Waals surface area contributed by atoms with Gasteiger partial charge in [0.15, 0.2) is 0 Å². The number of benzene rings is 1. The van der Waals surface area contributed by atoms with Crippen LogP contribution in [-0.2, 0) is 4.79 Å². The first-order valence-electron chi connectivity index (χ1n) is 7.37. The molecule has 0 atom stereocenters. The third-order valence-corrected chi connectivity index (χ3v) is 4.27. The van der Waals surface area contributed by atoms with Crippen molar-refractivity contribution in [2.75, 3.05) is 13.6 Å². The highest BCUT2D eigenvalue weighted by Crippen LogP contribution is 2.21. The van der Waals surface area contributed by atoms with Crippen LogP contribution in [0.3, 0.4) is 0 Å². The summed E-state index contributed by atoms with van der Waals surface area (Å²) in [6, 6.07) is 6.93. The maximum absolute atomic E-state index is 12.1. The Hall–Kier alpha value is -1.55. The molecule has 1 aromatic rings. The van der Waals surface area contributed by atoms with Gasteiger partial charge in [0.1, 0.15) is 0 Å². The summed E-state index contributed by atoms with van der Waals surface area (Å²) in [5.74, 6) is -0.290. The van der Waals surface area contributed by atoms with Crippen molar-refractivity contribution in [1.29, 1.82) is 0 Å². The highest BCUT2D eigenvalue weighted by molar-refractivity contribution is 6.30. The van der Waals surface area contributed by atoms with Crippen LogP contribution in [0.25, 0.3) is 0 Å². The minimum atomic E-state index is -0.253. The second-order valence-corrected chi connectivity index (χ2v) is 5.92. The topological polar surface area (TPSA) is 49.4 Å². The van der Waals surface area contributed by atoms with Crippen molar-refractivity contribution < 1.29 is 9.59 Å². The molecule has 1 aliphatic rings. The van der Waals surface area contributed by atoms with Crippen LogP contribution in [0.5, 0.6) is 0 Å². The minimum absolute atomic E-state index is 0.0362. The predicted octanol–water partition coefficient (Wildman–Crippen LogP) is 2.86. The van der Waals surface area contributed by atoms with Crippen molar-refractivity contribution in [1.82, 2.24) is 10.2 Å². The summed E-state index contributed by atoms with van der Waals surface area (Å²) in [5, 5.41) is 3.25. The van der Waals surface area contributed by atoms with Crippen molar-refractivity contribution in [2.45, 2.75) is 38.1 Å². The number of amides is 2. The standard InChI is InChI=1S/C16H21ClN2O2/c1-19(14-5-3-2-4-6-14)15(20)11-18-16(21)12-7-9-13(17)10-8-12/h7-10,14H,2-6,11H2,1H3,(H,18,21). The van der Waals surface area contributed by atoms with Gasteiger partial charge in [-0.15, -0.1) is 0 Å². The number of carbonyl (C=O) groups is 2. The maximum atomic E-state index is 12.1. The first-order chi connectivity index (χ1) is 10.1. The first-order valence-corrected chi connectivity index (χ1v) is 7.75. The molecule has 4 nitrogen and oxygen atoms in total. The quantitative estimate of drug-likeness (QED) is 0.930. The zero-order valence-corrected chi connectivity index (χ0v) is 13.0. The second-order valence-electron chi connectivity index (χ2n) is 5.49. The molecule has 0 aliphatic heterocycles. The monoisotopic (exact) mass is 308 g/mol. The number of rotatable bonds is 4. The Morgan fingerprint density at radius 1 is 1.19 bits per heavy atom. The summed E-state index contributed by atoms with van der Waals surface area (Å²) in [6.07, 6.45) is 5.74. The van der Waals surface area contributed by atoms with Gasteiger partial charge in [0, 0.05) is 23.7 Å². The van der Waals surface area contributed by atoms with Gasteiger partial charge in [0.25, 0.3) is 5.91 Å². The van der Waals surface area contributed by atoms with E-state index in [0.29, 0.717) is 16.6 Å². The Kier molecular flexibility index (Phi) is 5.62. The van der Waals surface area contributed by atoms with Gasteiger partial charge >= 0.3 is 0 Å². The third-order valence-electron chi connectivity index (χ3n) is 4.02. The van der Waals surface area contributed by atoms with E-state index in [1.807, 2.05) is 7.05 Å². The Balaban J connectivity index is 1.82. The lowest BCUT2D eigenvalue weighted by atomic mass is 9.94. The molecule has 21 heavy (non-hydrogen) atoms. The summed E-state index contributed by atoms with van der Waals surface area (Å²) in [4.78, 5) is 25.8. The van der Waals surface area contributed by atoms with Crippen LogP contribution in [0.4, 0.5) is 0 Å². The number of nitrogens with zero attached hydrogens (tertiary/aromatic N) is 1. The van der Waals surface area contributed by atoms with Gasteiger partial charge in [-0.3, -0.25) is 9.59 Å². The van der Waals surface area contributed by atoms with Gasteiger partial charge in [-0.1, -0.05) is 30.9 Å². The molecule has 1 aliphatic carbocycles. The summed E-state index contributed by atoms with van der Waals surface area (Å²) in [7, 11) is 1.83. The largest absolute Gasteiger partial charge is 0.343 e. The van der Waals surface area contributed by atoms with Crippen molar-refractivity contribution in [2.24, 2.45) is 0 Å². The highest BCUT2D eigenvalue weighted by atomic mass is 35.5. The molecule has 114 valence electrons. The molecule has 2 amide bonds. The maximum Gasteiger partial charge on any atom is 0.251 e. The van der Waals surface area contributed by atoms with Gasteiger partial charge in [-0.2, -0.15) is 0 Å². The molecule has 1 aromatic carbocycles. The normalized spacial score (nSPS) is 15.5. The Labute approximate surface area is 130 Å². The average Bonchev–Trinajstić information content (AvgIpc) is 2.53. The molecule has 2 rings (SSSR count). The molecule has 0 saturated heterocycles. The van der Waals surface area contributed by atoms with Crippen LogP contribution in [0.2, 0.25) is 5.02 Å². The lowest BCUT2D eigenvalue weighted by Gasteiger charge is -2.31. The van der Waals surface area contributed by atoms with E-state index in [1.165, 1.54) is 19.3 Å². The van der Waals surface area contributed by atoms with Crippen LogP contribution >= 0.6 is 11.6 Å². The lowest BCUT2D eigenvalue weighted by Crippen LogP contribution is -2.44. The fourth-order valence-corrected chi connectivity index (χ4v) is 2.78. The number of likely N-dealkylation sites (N-methyl/N-ethyl adjacent to an activating group) is 1. The SMILES string of the molecule is CN(C(=O)CNC(=O)c1ccc(Cl)cc1)C1CCCCC1. The molecule has 1 saturated carbocycles. The van der Waals surface area contributed by atoms with Crippen molar-refractivity contribution in [3.63, 3.8) is 0 Å². The Morgan fingerprint density at radius 2 is 1.81 bits per heavy atom. The second kappa shape index (κ2) is 7.46. The fourth-order valence-electron chi connectivity index (χ4n) is 2.66. The van der Waals surface area contributed by atoms with Crippen LogP contribution in [-0.4, -0.2) is 36.3 Å². The Morgan fingerprint density at radius 3 is 2.43 bits per heavy atom. The van der Waals surface area contributed by atoms with Gasteiger partial charge in [-0.05, 0) is 37.1 Å². The van der Waals surface area contributed by atoms with Crippen LogP contribution in [0.1, 0.15) is 42.5 Å². The summed E-state index contributed by atoms with van der Waals surface area (Å²) in [6.45, 7) is 0.0362. The summed E-state index contributed by atoms with van der Waals surface area (Å²) in [5.41, 5.74) is 0.507. The van der Waals surface area contributed by atoms with Gasteiger partial charge in [-0.25, -0.2) is 0 Å².